The summed E-state index contributed by atoms with van der Waals surface area (Å²) in [5.41, 5.74) is 2.14. The highest BCUT2D eigenvalue weighted by Crippen LogP contribution is 2.49. The Labute approximate surface area is 114 Å². The van der Waals surface area contributed by atoms with Crippen molar-refractivity contribution in [2.75, 3.05) is 6.61 Å². The number of rotatable bonds is 2. The molecule has 4 rings (SSSR count). The molecule has 1 aromatic rings. The highest BCUT2D eigenvalue weighted by molar-refractivity contribution is 5.98. The van der Waals surface area contributed by atoms with E-state index < -0.39 is 0 Å². The molecule has 0 saturated heterocycles. The van der Waals surface area contributed by atoms with E-state index in [9.17, 15) is 4.79 Å². The van der Waals surface area contributed by atoms with Gasteiger partial charge in [0.1, 0.15) is 5.75 Å². The second-order valence-electron chi connectivity index (χ2n) is 6.42. The number of Topliss-reactive ketones (excluding diaryl/α,β-unsaturated/α-hetero) is 1. The summed E-state index contributed by atoms with van der Waals surface area (Å²) < 4.78 is 5.62. The number of carbonyl (C=O) groups is 1. The predicted molar refractivity (Wildman–Crippen MR) is 73.5 cm³/mol. The first kappa shape index (κ1) is 11.5. The van der Waals surface area contributed by atoms with Crippen LogP contribution in [-0.4, -0.2) is 12.4 Å². The standard InChI is InChI=1S/C17H20O2/c18-17(15-9-11-3-4-12(15)8-11)14-5-6-16-13(10-14)2-1-7-19-16/h5-6,10-12,15H,1-4,7-9H2. The third kappa shape index (κ3) is 1.89. The van der Waals surface area contributed by atoms with Crippen LogP contribution in [0, 0.1) is 17.8 Å². The molecular formula is C17H20O2. The minimum absolute atomic E-state index is 0.307. The van der Waals surface area contributed by atoms with Crippen LogP contribution >= 0.6 is 0 Å². The van der Waals surface area contributed by atoms with Crippen molar-refractivity contribution in [3.05, 3.63) is 29.3 Å². The van der Waals surface area contributed by atoms with Crippen molar-refractivity contribution < 1.29 is 9.53 Å². The van der Waals surface area contributed by atoms with Crippen LogP contribution in [0.5, 0.6) is 5.75 Å². The maximum absolute atomic E-state index is 12.7. The van der Waals surface area contributed by atoms with Crippen molar-refractivity contribution in [1.29, 1.82) is 0 Å². The third-order valence-electron chi connectivity index (χ3n) is 5.27. The Kier molecular flexibility index (Phi) is 2.64. The summed E-state index contributed by atoms with van der Waals surface area (Å²) in [6, 6.07) is 6.05. The molecule has 0 radical (unpaired) electrons. The van der Waals surface area contributed by atoms with Gasteiger partial charge in [-0.25, -0.2) is 0 Å². The summed E-state index contributed by atoms with van der Waals surface area (Å²) in [7, 11) is 0. The van der Waals surface area contributed by atoms with Gasteiger partial charge in [-0.3, -0.25) is 4.79 Å². The van der Waals surface area contributed by atoms with Crippen molar-refractivity contribution in [2.45, 2.75) is 38.5 Å². The molecule has 2 bridgehead atoms. The summed E-state index contributed by atoms with van der Waals surface area (Å²) in [6.07, 6.45) is 7.18. The van der Waals surface area contributed by atoms with E-state index >= 15 is 0 Å². The minimum atomic E-state index is 0.307. The van der Waals surface area contributed by atoms with Crippen LogP contribution in [0.15, 0.2) is 18.2 Å². The molecule has 1 aromatic carbocycles. The molecule has 0 amide bonds. The Hall–Kier alpha value is -1.31. The Morgan fingerprint density at radius 3 is 2.95 bits per heavy atom. The molecule has 0 spiro atoms. The zero-order valence-electron chi connectivity index (χ0n) is 11.2. The van der Waals surface area contributed by atoms with E-state index in [1.807, 2.05) is 12.1 Å². The number of benzene rings is 1. The lowest BCUT2D eigenvalue weighted by Gasteiger charge is -2.22. The van der Waals surface area contributed by atoms with Gasteiger partial charge in [0.25, 0.3) is 0 Å². The smallest absolute Gasteiger partial charge is 0.166 e. The molecule has 3 unspecified atom stereocenters. The Balaban J connectivity index is 1.60. The minimum Gasteiger partial charge on any atom is -0.493 e. The van der Waals surface area contributed by atoms with Crippen LogP contribution < -0.4 is 4.74 Å². The first-order valence-corrected chi connectivity index (χ1v) is 7.61. The lowest BCUT2D eigenvalue weighted by molar-refractivity contribution is 0.0874. The van der Waals surface area contributed by atoms with Crippen LogP contribution in [0.2, 0.25) is 0 Å². The lowest BCUT2D eigenvalue weighted by Crippen LogP contribution is -2.21. The van der Waals surface area contributed by atoms with Gasteiger partial charge in [0.05, 0.1) is 6.61 Å². The fourth-order valence-electron chi connectivity index (χ4n) is 4.29. The molecule has 0 aromatic heterocycles. The highest BCUT2D eigenvalue weighted by atomic mass is 16.5. The van der Waals surface area contributed by atoms with Gasteiger partial charge < -0.3 is 4.74 Å². The number of fused-ring (bicyclic) bond motifs is 3. The predicted octanol–water partition coefficient (Wildman–Crippen LogP) is 3.63. The van der Waals surface area contributed by atoms with Gasteiger partial charge in [-0.15, -0.1) is 0 Å². The van der Waals surface area contributed by atoms with E-state index in [0.717, 1.165) is 43.1 Å². The van der Waals surface area contributed by atoms with Gasteiger partial charge in [0, 0.05) is 11.5 Å². The average molecular weight is 256 g/mol. The maximum atomic E-state index is 12.7. The number of hydrogen-bond donors (Lipinski definition) is 0. The van der Waals surface area contributed by atoms with Gasteiger partial charge in [-0.05, 0) is 67.7 Å². The first-order valence-electron chi connectivity index (χ1n) is 7.61. The Morgan fingerprint density at radius 2 is 2.16 bits per heavy atom. The van der Waals surface area contributed by atoms with Crippen molar-refractivity contribution in [3.8, 4) is 5.75 Å². The molecule has 3 aliphatic rings. The molecule has 100 valence electrons. The number of hydrogen-bond acceptors (Lipinski definition) is 2. The van der Waals surface area contributed by atoms with Crippen LogP contribution in [0.25, 0.3) is 0 Å². The Morgan fingerprint density at radius 1 is 1.21 bits per heavy atom. The lowest BCUT2D eigenvalue weighted by atomic mass is 9.83. The fraction of sp³-hybridized carbons (Fsp3) is 0.588. The summed E-state index contributed by atoms with van der Waals surface area (Å²) in [6.45, 7) is 0.812. The van der Waals surface area contributed by atoms with Crippen LogP contribution in [0.1, 0.15) is 48.0 Å². The highest BCUT2D eigenvalue weighted by Gasteiger charge is 2.43. The van der Waals surface area contributed by atoms with Gasteiger partial charge >= 0.3 is 0 Å². The molecule has 1 heterocycles. The Bertz CT molecular complexity index is 520. The fourth-order valence-corrected chi connectivity index (χ4v) is 4.29. The van der Waals surface area contributed by atoms with E-state index in [4.69, 9.17) is 4.74 Å². The van der Waals surface area contributed by atoms with E-state index in [1.165, 1.54) is 24.8 Å². The van der Waals surface area contributed by atoms with Gasteiger partial charge in [0.15, 0.2) is 5.78 Å². The van der Waals surface area contributed by atoms with E-state index in [0.29, 0.717) is 17.6 Å². The molecular weight excluding hydrogens is 236 g/mol. The van der Waals surface area contributed by atoms with Crippen molar-refractivity contribution in [2.24, 2.45) is 17.8 Å². The summed E-state index contributed by atoms with van der Waals surface area (Å²) in [5.74, 6) is 3.18. The topological polar surface area (TPSA) is 26.3 Å². The maximum Gasteiger partial charge on any atom is 0.166 e. The van der Waals surface area contributed by atoms with Crippen LogP contribution in [0.4, 0.5) is 0 Å². The average Bonchev–Trinajstić information content (AvgIpc) is 3.08. The number of ether oxygens (including phenoxy) is 1. The van der Waals surface area contributed by atoms with Gasteiger partial charge in [-0.1, -0.05) is 6.42 Å². The molecule has 19 heavy (non-hydrogen) atoms. The van der Waals surface area contributed by atoms with Crippen molar-refractivity contribution in [1.82, 2.24) is 0 Å². The molecule has 0 N–H and O–H groups in total. The quantitative estimate of drug-likeness (QED) is 0.755. The molecule has 2 nitrogen and oxygen atoms in total. The summed E-state index contributed by atoms with van der Waals surface area (Å²) >= 11 is 0. The molecule has 2 aliphatic carbocycles. The SMILES string of the molecule is O=C(c1ccc2c(c1)CCCO2)C1CC2CCC1C2. The van der Waals surface area contributed by atoms with E-state index in [2.05, 4.69) is 6.07 Å². The molecule has 3 atom stereocenters. The van der Waals surface area contributed by atoms with E-state index in [1.54, 1.807) is 0 Å². The molecule has 2 fully saturated rings. The van der Waals surface area contributed by atoms with Crippen LogP contribution in [-0.2, 0) is 6.42 Å². The normalized spacial score (nSPS) is 31.9. The zero-order valence-corrected chi connectivity index (χ0v) is 11.2. The third-order valence-corrected chi connectivity index (χ3v) is 5.27. The number of ketones is 1. The van der Waals surface area contributed by atoms with Crippen molar-refractivity contribution >= 4 is 5.78 Å². The van der Waals surface area contributed by atoms with E-state index in [-0.39, 0.29) is 0 Å². The zero-order chi connectivity index (χ0) is 12.8. The van der Waals surface area contributed by atoms with Gasteiger partial charge in [-0.2, -0.15) is 0 Å². The summed E-state index contributed by atoms with van der Waals surface area (Å²) in [5, 5.41) is 0. The van der Waals surface area contributed by atoms with Gasteiger partial charge in [0.2, 0.25) is 0 Å². The number of carbonyl (C=O) groups excluding carboxylic acids is 1. The second-order valence-corrected chi connectivity index (χ2v) is 6.42. The first-order chi connectivity index (χ1) is 9.31. The molecule has 1 aliphatic heterocycles. The largest absolute Gasteiger partial charge is 0.493 e. The van der Waals surface area contributed by atoms with Crippen molar-refractivity contribution in [3.63, 3.8) is 0 Å². The summed E-state index contributed by atoms with van der Waals surface area (Å²) in [4.78, 5) is 12.7. The monoisotopic (exact) mass is 256 g/mol. The molecule has 2 heteroatoms. The molecule has 2 saturated carbocycles. The second kappa shape index (κ2) is 4.36. The van der Waals surface area contributed by atoms with Crippen LogP contribution in [0.3, 0.4) is 0 Å². The number of aryl methyl sites for hydroxylation is 1.